The van der Waals surface area contributed by atoms with Gasteiger partial charge < -0.3 is 5.11 Å². The first kappa shape index (κ1) is 7.43. The Hall–Kier alpha value is -0.573. The fourth-order valence-electron chi connectivity index (χ4n) is 0.291. The van der Waals surface area contributed by atoms with E-state index in [0.29, 0.717) is 0 Å². The molecule has 0 radical (unpaired) electrons. The highest BCUT2D eigenvalue weighted by Crippen LogP contribution is 1.84. The number of allylic oxidation sites excluding steroid dienone is 1. The maximum atomic E-state index is 9.92. The summed E-state index contributed by atoms with van der Waals surface area (Å²) < 4.78 is 0. The van der Waals surface area contributed by atoms with Crippen molar-refractivity contribution < 1.29 is 9.90 Å². The van der Waals surface area contributed by atoms with Gasteiger partial charge in [-0.1, -0.05) is 11.3 Å². The van der Waals surface area contributed by atoms with Gasteiger partial charge in [-0.3, -0.25) is 4.79 Å². The van der Waals surface area contributed by atoms with Crippen LogP contribution >= 0.6 is 0 Å². The average molecular weight is 130 g/mol. The van der Waals surface area contributed by atoms with Gasteiger partial charge in [0.15, 0.2) is 9.52 Å². The lowest BCUT2D eigenvalue weighted by molar-refractivity contribution is 0.220. The van der Waals surface area contributed by atoms with E-state index in [1.807, 2.05) is 19.5 Å². The van der Waals surface area contributed by atoms with Crippen LogP contribution in [0.25, 0.3) is 0 Å². The van der Waals surface area contributed by atoms with E-state index < -0.39 is 15.1 Å². The molecule has 0 unspecified atom stereocenters. The molecule has 0 saturated heterocycles. The highest BCUT2D eigenvalue weighted by molar-refractivity contribution is 6.75. The van der Waals surface area contributed by atoms with Crippen molar-refractivity contribution in [2.45, 2.75) is 13.8 Å². The molecule has 0 aliphatic heterocycles. The largest absolute Gasteiger partial charge is 0.486 e. The summed E-state index contributed by atoms with van der Waals surface area (Å²) in [6, 6.07) is 0. The minimum Gasteiger partial charge on any atom is -0.486 e. The van der Waals surface area contributed by atoms with Crippen LogP contribution in [0.2, 0.25) is 0 Å². The van der Waals surface area contributed by atoms with Crippen molar-refractivity contribution >= 4 is 15.1 Å². The number of carbonyl (C=O) groups is 1. The second-order valence-corrected chi connectivity index (χ2v) is 3.30. The monoisotopic (exact) mass is 130 g/mol. The third kappa shape index (κ3) is 5.43. The summed E-state index contributed by atoms with van der Waals surface area (Å²) in [4.78, 5) is 9.92. The Morgan fingerprint density at radius 2 is 2.12 bits per heavy atom. The molecule has 0 heterocycles. The normalized spacial score (nSPS) is 9.75. The summed E-state index contributed by atoms with van der Waals surface area (Å²) in [5.41, 5.74) is 2.30. The molecule has 0 bridgehead atoms. The predicted octanol–water partition coefficient (Wildman–Crippen LogP) is 0.757. The minimum atomic E-state index is -0.947. The molecule has 0 rings (SSSR count). The van der Waals surface area contributed by atoms with Crippen molar-refractivity contribution in [3.05, 3.63) is 11.3 Å². The summed E-state index contributed by atoms with van der Waals surface area (Å²) >= 11 is 0. The molecule has 0 aromatic rings. The van der Waals surface area contributed by atoms with Crippen LogP contribution in [0.15, 0.2) is 11.3 Å². The van der Waals surface area contributed by atoms with E-state index in [0.717, 1.165) is 5.57 Å². The smallest absolute Gasteiger partial charge is 0.266 e. The highest BCUT2D eigenvalue weighted by atomic mass is 28.2. The van der Waals surface area contributed by atoms with Gasteiger partial charge in [0.25, 0.3) is 5.59 Å². The maximum Gasteiger partial charge on any atom is 0.266 e. The third-order valence-electron chi connectivity index (χ3n) is 0.685. The van der Waals surface area contributed by atoms with Crippen LogP contribution in [0.4, 0.5) is 4.79 Å². The molecule has 0 atom stereocenters. The lowest BCUT2D eigenvalue weighted by Crippen LogP contribution is -2.01. The minimum absolute atomic E-state index is 0.633. The van der Waals surface area contributed by atoms with Crippen LogP contribution in [-0.4, -0.2) is 20.2 Å². The predicted molar refractivity (Wildman–Crippen MR) is 36.0 cm³/mol. The molecule has 0 spiro atoms. The van der Waals surface area contributed by atoms with E-state index in [1.54, 1.807) is 0 Å². The molecular formula is C5H10O2Si. The van der Waals surface area contributed by atoms with E-state index in [2.05, 4.69) is 0 Å². The van der Waals surface area contributed by atoms with Crippen molar-refractivity contribution in [3.63, 3.8) is 0 Å². The Bertz CT molecular complexity index is 114. The Balaban J connectivity index is 3.45. The van der Waals surface area contributed by atoms with Gasteiger partial charge in [-0.15, -0.1) is 0 Å². The molecule has 0 aromatic carbocycles. The molecular weight excluding hydrogens is 120 g/mol. The zero-order valence-electron chi connectivity index (χ0n) is 5.14. The molecule has 0 saturated carbocycles. The van der Waals surface area contributed by atoms with Crippen LogP contribution in [-0.2, 0) is 0 Å². The molecule has 0 aliphatic rings. The van der Waals surface area contributed by atoms with Crippen LogP contribution in [0, 0.1) is 0 Å². The lowest BCUT2D eigenvalue weighted by atomic mass is 10.4. The van der Waals surface area contributed by atoms with Crippen molar-refractivity contribution in [1.82, 2.24) is 0 Å². The molecule has 0 fully saturated rings. The second-order valence-electron chi connectivity index (χ2n) is 1.88. The molecule has 2 nitrogen and oxygen atoms in total. The fourth-order valence-corrected chi connectivity index (χ4v) is 0.874. The Kier molecular flexibility index (Phi) is 3.19. The zero-order chi connectivity index (χ0) is 6.57. The van der Waals surface area contributed by atoms with E-state index in [4.69, 9.17) is 5.11 Å². The summed E-state index contributed by atoms with van der Waals surface area (Å²) in [6.07, 6.45) is 0. The average Bonchev–Trinajstić information content (AvgIpc) is 1.61. The van der Waals surface area contributed by atoms with Crippen LogP contribution in [0.3, 0.4) is 0 Å². The van der Waals surface area contributed by atoms with Gasteiger partial charge in [-0.05, 0) is 13.8 Å². The summed E-state index contributed by atoms with van der Waals surface area (Å²) in [7, 11) is -0.947. The first-order valence-corrected chi connectivity index (χ1v) is 4.00. The number of rotatable bonds is 2. The van der Waals surface area contributed by atoms with Crippen molar-refractivity contribution in [1.29, 1.82) is 0 Å². The number of hydrogen-bond acceptors (Lipinski definition) is 1. The Labute approximate surface area is 51.0 Å². The van der Waals surface area contributed by atoms with Gasteiger partial charge in [-0.2, -0.15) is 0 Å². The Morgan fingerprint density at radius 3 is 2.25 bits per heavy atom. The zero-order valence-corrected chi connectivity index (χ0v) is 6.55. The van der Waals surface area contributed by atoms with Gasteiger partial charge in [0.2, 0.25) is 0 Å². The molecule has 1 N–H and O–H groups in total. The Morgan fingerprint density at radius 1 is 1.62 bits per heavy atom. The highest BCUT2D eigenvalue weighted by Gasteiger charge is 1.90. The quantitative estimate of drug-likeness (QED) is 0.560. The van der Waals surface area contributed by atoms with Crippen molar-refractivity contribution in [2.75, 3.05) is 0 Å². The molecule has 3 heteroatoms. The topological polar surface area (TPSA) is 37.3 Å². The SMILES string of the molecule is CC(C)=C[SiH2]C(=O)O. The first-order valence-electron chi connectivity index (χ1n) is 2.48. The van der Waals surface area contributed by atoms with E-state index in [1.165, 1.54) is 0 Å². The summed E-state index contributed by atoms with van der Waals surface area (Å²) in [5.74, 6) is 0. The van der Waals surface area contributed by atoms with Gasteiger partial charge in [-0.25, -0.2) is 0 Å². The second kappa shape index (κ2) is 3.43. The third-order valence-corrected chi connectivity index (χ3v) is 2.05. The summed E-state index contributed by atoms with van der Waals surface area (Å²) in [6.45, 7) is 3.83. The van der Waals surface area contributed by atoms with Crippen LogP contribution in [0.1, 0.15) is 13.8 Å². The maximum absolute atomic E-state index is 9.92. The van der Waals surface area contributed by atoms with Gasteiger partial charge in [0, 0.05) is 0 Å². The van der Waals surface area contributed by atoms with Gasteiger partial charge >= 0.3 is 0 Å². The molecule has 46 valence electrons. The molecule has 0 aromatic heterocycles. The molecule has 0 amide bonds. The molecule has 0 aliphatic carbocycles. The van der Waals surface area contributed by atoms with Gasteiger partial charge in [0.05, 0.1) is 0 Å². The number of carboxylic acid groups (broad SMARTS) is 1. The van der Waals surface area contributed by atoms with E-state index >= 15 is 0 Å². The summed E-state index contributed by atoms with van der Waals surface area (Å²) in [5, 5.41) is 8.18. The van der Waals surface area contributed by atoms with Gasteiger partial charge in [0.1, 0.15) is 0 Å². The van der Waals surface area contributed by atoms with E-state index in [-0.39, 0.29) is 0 Å². The van der Waals surface area contributed by atoms with Crippen molar-refractivity contribution in [2.24, 2.45) is 0 Å². The van der Waals surface area contributed by atoms with Crippen molar-refractivity contribution in [3.8, 4) is 0 Å². The molecule has 8 heavy (non-hydrogen) atoms. The van der Waals surface area contributed by atoms with Crippen LogP contribution in [0.5, 0.6) is 0 Å². The lowest BCUT2D eigenvalue weighted by Gasteiger charge is -1.83. The standard InChI is InChI=1S/C5H10O2Si/c1-4(2)3-8-5(6)7/h3H,8H2,1-2H3,(H,6,7). The fraction of sp³-hybridized carbons (Fsp3) is 0.400. The van der Waals surface area contributed by atoms with E-state index in [9.17, 15) is 4.79 Å². The van der Waals surface area contributed by atoms with Crippen LogP contribution < -0.4 is 0 Å². The first-order chi connectivity index (χ1) is 3.63. The number of hydrogen-bond donors (Lipinski definition) is 1.